The number of anilines is 5. The highest BCUT2D eigenvalue weighted by atomic mass is 19.4. The molecule has 8 nitrogen and oxygen atoms in total. The molecule has 0 atom stereocenters. The van der Waals surface area contributed by atoms with E-state index in [1.54, 1.807) is 0 Å². The Balaban J connectivity index is 1.69. The largest absolute Gasteiger partial charge is 0.447 e. The Hall–Kier alpha value is -4.10. The van der Waals surface area contributed by atoms with Crippen LogP contribution in [0.2, 0.25) is 0 Å². The third-order valence-corrected chi connectivity index (χ3v) is 4.52. The van der Waals surface area contributed by atoms with Crippen molar-refractivity contribution in [2.45, 2.75) is 12.4 Å². The molecule has 14 heteroatoms. The van der Waals surface area contributed by atoms with Crippen molar-refractivity contribution in [1.82, 2.24) is 15.0 Å². The lowest BCUT2D eigenvalue weighted by atomic mass is 10.2. The van der Waals surface area contributed by atoms with Crippen LogP contribution in [0.25, 0.3) is 0 Å². The van der Waals surface area contributed by atoms with E-state index < -0.39 is 29.6 Å². The summed E-state index contributed by atoms with van der Waals surface area (Å²) in [6.07, 6.45) is -9.93. The lowest BCUT2D eigenvalue weighted by Crippen LogP contribution is -2.26. The Kier molecular flexibility index (Phi) is 5.89. The van der Waals surface area contributed by atoms with Crippen LogP contribution in [-0.4, -0.2) is 34.2 Å². The van der Waals surface area contributed by atoms with Crippen molar-refractivity contribution in [2.75, 3.05) is 28.7 Å². The van der Waals surface area contributed by atoms with Gasteiger partial charge in [0, 0.05) is 11.4 Å². The lowest BCUT2D eigenvalue weighted by Gasteiger charge is -2.15. The third kappa shape index (κ3) is 5.27. The first-order chi connectivity index (χ1) is 16.0. The fraction of sp³-hybridized carbons (Fsp3) is 0.200. The fourth-order valence-electron chi connectivity index (χ4n) is 2.98. The SMILES string of the molecule is O=C1OCCN1c1nc(Nc2cccc(C(F)(F)F)c2)nc(Nc2cccc(C(F)(F)F)c2)n1. The minimum Gasteiger partial charge on any atom is -0.447 e. The summed E-state index contributed by atoms with van der Waals surface area (Å²) in [5.74, 6) is -0.710. The van der Waals surface area contributed by atoms with Crippen LogP contribution in [0.1, 0.15) is 11.1 Å². The molecule has 0 bridgehead atoms. The maximum atomic E-state index is 13.0. The number of hydrogen-bond acceptors (Lipinski definition) is 7. The third-order valence-electron chi connectivity index (χ3n) is 4.52. The maximum absolute atomic E-state index is 13.0. The van der Waals surface area contributed by atoms with Crippen LogP contribution >= 0.6 is 0 Å². The zero-order chi connectivity index (χ0) is 24.5. The van der Waals surface area contributed by atoms with Gasteiger partial charge in [-0.25, -0.2) is 9.69 Å². The van der Waals surface area contributed by atoms with E-state index in [0.29, 0.717) is 0 Å². The summed E-state index contributed by atoms with van der Waals surface area (Å²) in [7, 11) is 0. The summed E-state index contributed by atoms with van der Waals surface area (Å²) in [6, 6.07) is 8.43. The predicted molar refractivity (Wildman–Crippen MR) is 108 cm³/mol. The molecule has 2 heterocycles. The molecule has 34 heavy (non-hydrogen) atoms. The molecule has 1 amide bonds. The Morgan fingerprint density at radius 1 is 0.794 bits per heavy atom. The molecule has 0 saturated carbocycles. The van der Waals surface area contributed by atoms with Crippen molar-refractivity contribution in [3.63, 3.8) is 0 Å². The molecule has 0 unspecified atom stereocenters. The van der Waals surface area contributed by atoms with Gasteiger partial charge in [-0.05, 0) is 36.4 Å². The second-order valence-corrected chi connectivity index (χ2v) is 6.96. The number of amides is 1. The summed E-state index contributed by atoms with van der Waals surface area (Å²) in [5.41, 5.74) is -1.86. The molecular formula is C20H14F6N6O2. The monoisotopic (exact) mass is 484 g/mol. The van der Waals surface area contributed by atoms with E-state index in [0.717, 1.165) is 29.2 Å². The second-order valence-electron chi connectivity index (χ2n) is 6.96. The zero-order valence-corrected chi connectivity index (χ0v) is 16.9. The number of ether oxygens (including phenoxy) is 1. The number of cyclic esters (lactones) is 1. The van der Waals surface area contributed by atoms with Gasteiger partial charge in [0.15, 0.2) is 0 Å². The maximum Gasteiger partial charge on any atom is 0.416 e. The number of rotatable bonds is 5. The molecular weight excluding hydrogens is 470 g/mol. The molecule has 178 valence electrons. The lowest BCUT2D eigenvalue weighted by molar-refractivity contribution is -0.138. The first-order valence-corrected chi connectivity index (χ1v) is 9.58. The van der Waals surface area contributed by atoms with Crippen molar-refractivity contribution in [3.8, 4) is 0 Å². The number of nitrogens with zero attached hydrogens (tertiary/aromatic N) is 4. The summed E-state index contributed by atoms with van der Waals surface area (Å²) >= 11 is 0. The fourth-order valence-corrected chi connectivity index (χ4v) is 2.98. The van der Waals surface area contributed by atoms with Crippen LogP contribution in [0.5, 0.6) is 0 Å². The molecule has 1 fully saturated rings. The number of nitrogens with one attached hydrogen (secondary N) is 2. The molecule has 0 spiro atoms. The molecule has 2 N–H and O–H groups in total. The van der Waals surface area contributed by atoms with E-state index >= 15 is 0 Å². The number of hydrogen-bond donors (Lipinski definition) is 2. The van der Waals surface area contributed by atoms with Gasteiger partial charge in [0.2, 0.25) is 17.8 Å². The number of alkyl halides is 6. The summed E-state index contributed by atoms with van der Waals surface area (Å²) in [5, 5.41) is 5.19. The van der Waals surface area contributed by atoms with Gasteiger partial charge in [0.1, 0.15) is 6.61 Å². The Labute approximate surface area is 187 Å². The smallest absolute Gasteiger partial charge is 0.416 e. The number of benzene rings is 2. The Morgan fingerprint density at radius 3 is 1.71 bits per heavy atom. The van der Waals surface area contributed by atoms with Crippen molar-refractivity contribution < 1.29 is 35.9 Å². The van der Waals surface area contributed by atoms with Crippen LogP contribution in [-0.2, 0) is 17.1 Å². The highest BCUT2D eigenvalue weighted by molar-refractivity contribution is 5.87. The van der Waals surface area contributed by atoms with E-state index in [1.807, 2.05) is 0 Å². The molecule has 1 aromatic heterocycles. The van der Waals surface area contributed by atoms with E-state index in [1.165, 1.54) is 24.3 Å². The van der Waals surface area contributed by atoms with Crippen molar-refractivity contribution >= 4 is 35.3 Å². The van der Waals surface area contributed by atoms with Gasteiger partial charge >= 0.3 is 18.4 Å². The van der Waals surface area contributed by atoms with E-state index in [4.69, 9.17) is 4.74 Å². The predicted octanol–water partition coefficient (Wildman–Crippen LogP) is 5.35. The number of aromatic nitrogens is 3. The first kappa shape index (κ1) is 23.1. The van der Waals surface area contributed by atoms with Crippen LogP contribution in [0.15, 0.2) is 48.5 Å². The Bertz CT molecular complexity index is 1140. The summed E-state index contributed by atoms with van der Waals surface area (Å²) in [4.78, 5) is 25.1. The molecule has 4 rings (SSSR count). The van der Waals surface area contributed by atoms with Crippen molar-refractivity contribution in [3.05, 3.63) is 59.7 Å². The van der Waals surface area contributed by atoms with Crippen LogP contribution in [0.3, 0.4) is 0 Å². The molecule has 1 aliphatic heterocycles. The normalized spacial score (nSPS) is 14.2. The van der Waals surface area contributed by atoms with Crippen LogP contribution in [0.4, 0.5) is 60.4 Å². The topological polar surface area (TPSA) is 92.3 Å². The van der Waals surface area contributed by atoms with Gasteiger partial charge in [-0.15, -0.1) is 0 Å². The highest BCUT2D eigenvalue weighted by Gasteiger charge is 2.32. The molecule has 2 aromatic carbocycles. The average Bonchev–Trinajstić information content (AvgIpc) is 3.19. The quantitative estimate of drug-likeness (QED) is 0.472. The zero-order valence-electron chi connectivity index (χ0n) is 16.9. The second kappa shape index (κ2) is 8.68. The Morgan fingerprint density at radius 2 is 1.29 bits per heavy atom. The van der Waals surface area contributed by atoms with E-state index in [2.05, 4.69) is 25.6 Å². The number of halogens is 6. The molecule has 3 aromatic rings. The number of carbonyl (C=O) groups is 1. The average molecular weight is 484 g/mol. The first-order valence-electron chi connectivity index (χ1n) is 9.58. The summed E-state index contributed by atoms with van der Waals surface area (Å²) < 4.78 is 83.0. The minimum atomic E-state index is -4.59. The van der Waals surface area contributed by atoms with Gasteiger partial charge in [-0.2, -0.15) is 41.3 Å². The van der Waals surface area contributed by atoms with Crippen LogP contribution < -0.4 is 15.5 Å². The van der Waals surface area contributed by atoms with Gasteiger partial charge in [-0.3, -0.25) is 0 Å². The minimum absolute atomic E-state index is 0.0130. The van der Waals surface area contributed by atoms with Gasteiger partial charge in [-0.1, -0.05) is 12.1 Å². The van der Waals surface area contributed by atoms with E-state index in [9.17, 15) is 31.1 Å². The van der Waals surface area contributed by atoms with E-state index in [-0.39, 0.29) is 42.4 Å². The van der Waals surface area contributed by atoms with Gasteiger partial charge in [0.25, 0.3) is 0 Å². The van der Waals surface area contributed by atoms with Crippen LogP contribution in [0, 0.1) is 0 Å². The van der Waals surface area contributed by atoms with Gasteiger partial charge < -0.3 is 15.4 Å². The molecule has 1 saturated heterocycles. The molecule has 0 aliphatic carbocycles. The highest BCUT2D eigenvalue weighted by Crippen LogP contribution is 2.33. The number of carbonyl (C=O) groups excluding carboxylic acids is 1. The van der Waals surface area contributed by atoms with Crippen molar-refractivity contribution in [2.24, 2.45) is 0 Å². The van der Waals surface area contributed by atoms with Crippen molar-refractivity contribution in [1.29, 1.82) is 0 Å². The van der Waals surface area contributed by atoms with Gasteiger partial charge in [0.05, 0.1) is 17.7 Å². The summed E-state index contributed by atoms with van der Waals surface area (Å²) in [6.45, 7) is 0.145. The standard InChI is InChI=1S/C20H14F6N6O2/c21-19(22,23)11-3-1-5-13(9-11)27-15-29-16(31-17(30-15)32-7-8-34-18(32)33)28-14-6-2-4-12(10-14)20(24,25)26/h1-6,9-10H,7-8H2,(H2,27,28,29,30,31). The molecule has 1 aliphatic rings. The molecule has 0 radical (unpaired) electrons.